The maximum Gasteiger partial charge on any atom is 0.226 e. The van der Waals surface area contributed by atoms with Gasteiger partial charge in [0.2, 0.25) is 5.91 Å². The average molecular weight is 293 g/mol. The van der Waals surface area contributed by atoms with Gasteiger partial charge in [-0.2, -0.15) is 0 Å². The summed E-state index contributed by atoms with van der Waals surface area (Å²) in [5.41, 5.74) is 0. The van der Waals surface area contributed by atoms with Crippen molar-refractivity contribution in [3.05, 3.63) is 0 Å². The highest BCUT2D eigenvalue weighted by Gasteiger charge is 2.42. The molecule has 0 radical (unpaired) electrons. The fourth-order valence-corrected chi connectivity index (χ4v) is 4.03. The van der Waals surface area contributed by atoms with Gasteiger partial charge in [-0.3, -0.25) is 9.69 Å². The largest absolute Gasteiger partial charge is 0.340 e. The summed E-state index contributed by atoms with van der Waals surface area (Å²) >= 11 is 0. The molecule has 4 nitrogen and oxygen atoms in total. The molecule has 3 fully saturated rings. The summed E-state index contributed by atoms with van der Waals surface area (Å²) < 4.78 is 0. The predicted molar refractivity (Wildman–Crippen MR) is 85.2 cm³/mol. The van der Waals surface area contributed by atoms with Crippen molar-refractivity contribution < 1.29 is 4.79 Å². The molecule has 0 unspecified atom stereocenters. The zero-order chi connectivity index (χ0) is 14.8. The third-order valence-electron chi connectivity index (χ3n) is 5.67. The monoisotopic (exact) mass is 293 g/mol. The van der Waals surface area contributed by atoms with Gasteiger partial charge in [0.05, 0.1) is 0 Å². The number of likely N-dealkylation sites (tertiary alicyclic amines) is 1. The van der Waals surface area contributed by atoms with Crippen LogP contribution in [0.5, 0.6) is 0 Å². The van der Waals surface area contributed by atoms with Crippen LogP contribution >= 0.6 is 0 Å². The molecule has 0 aromatic heterocycles. The molecule has 0 N–H and O–H groups in total. The Labute approximate surface area is 129 Å². The molecule has 120 valence electrons. The highest BCUT2D eigenvalue weighted by Crippen LogP contribution is 2.39. The Hall–Kier alpha value is -0.610. The maximum atomic E-state index is 12.3. The average Bonchev–Trinajstić information content (AvgIpc) is 3.25. The van der Waals surface area contributed by atoms with E-state index < -0.39 is 0 Å². The third kappa shape index (κ3) is 3.59. The van der Waals surface area contributed by atoms with Crippen LogP contribution in [0, 0.1) is 11.8 Å². The quantitative estimate of drug-likeness (QED) is 0.789. The summed E-state index contributed by atoms with van der Waals surface area (Å²) in [4.78, 5) is 19.6. The molecule has 1 aliphatic carbocycles. The first kappa shape index (κ1) is 15.3. The lowest BCUT2D eigenvalue weighted by atomic mass is 10.0. The highest BCUT2D eigenvalue weighted by molar-refractivity contribution is 5.81. The standard InChI is InChI=1S/C17H31N3O/c1-3-6-18-7-4-15(5-8-18)19-9-11-20(12-10-19)17(21)16-13-14(16)2/h14-16H,3-13H2,1-2H3/t14-,16+/m0/s1. The number of piperidine rings is 1. The van der Waals surface area contributed by atoms with Crippen LogP contribution in [-0.4, -0.2) is 72.5 Å². The van der Waals surface area contributed by atoms with Crippen molar-refractivity contribution in [1.82, 2.24) is 14.7 Å². The summed E-state index contributed by atoms with van der Waals surface area (Å²) in [6, 6.07) is 0.759. The first-order chi connectivity index (χ1) is 10.2. The Kier molecular flexibility index (Phi) is 4.85. The maximum absolute atomic E-state index is 12.3. The number of amides is 1. The Balaban J connectivity index is 1.41. The molecule has 1 amide bonds. The zero-order valence-electron chi connectivity index (χ0n) is 13.8. The van der Waals surface area contributed by atoms with Crippen LogP contribution in [-0.2, 0) is 4.79 Å². The normalized spacial score (nSPS) is 32.4. The molecular weight excluding hydrogens is 262 g/mol. The minimum absolute atomic E-state index is 0.355. The van der Waals surface area contributed by atoms with Crippen LogP contribution in [0.3, 0.4) is 0 Å². The zero-order valence-corrected chi connectivity index (χ0v) is 13.8. The molecule has 21 heavy (non-hydrogen) atoms. The van der Waals surface area contributed by atoms with E-state index in [1.807, 2.05) is 0 Å². The van der Waals surface area contributed by atoms with Crippen LogP contribution in [0.25, 0.3) is 0 Å². The van der Waals surface area contributed by atoms with Crippen molar-refractivity contribution in [2.24, 2.45) is 11.8 Å². The van der Waals surface area contributed by atoms with Crippen molar-refractivity contribution in [2.75, 3.05) is 45.8 Å². The van der Waals surface area contributed by atoms with Crippen molar-refractivity contribution in [3.8, 4) is 0 Å². The smallest absolute Gasteiger partial charge is 0.226 e. The van der Waals surface area contributed by atoms with Gasteiger partial charge in [0.25, 0.3) is 0 Å². The molecule has 0 spiro atoms. The molecule has 2 atom stereocenters. The van der Waals surface area contributed by atoms with Crippen molar-refractivity contribution in [2.45, 2.75) is 45.6 Å². The molecule has 4 heteroatoms. The highest BCUT2D eigenvalue weighted by atomic mass is 16.2. The van der Waals surface area contributed by atoms with E-state index in [1.165, 1.54) is 38.9 Å². The lowest BCUT2D eigenvalue weighted by Gasteiger charge is -2.42. The van der Waals surface area contributed by atoms with Crippen molar-refractivity contribution in [3.63, 3.8) is 0 Å². The lowest BCUT2D eigenvalue weighted by Crippen LogP contribution is -2.54. The van der Waals surface area contributed by atoms with Crippen LogP contribution in [0.1, 0.15) is 39.5 Å². The summed E-state index contributed by atoms with van der Waals surface area (Å²) in [5.74, 6) is 1.42. The van der Waals surface area contributed by atoms with Gasteiger partial charge >= 0.3 is 0 Å². The first-order valence-corrected chi connectivity index (χ1v) is 8.94. The molecule has 2 aliphatic heterocycles. The van der Waals surface area contributed by atoms with Gasteiger partial charge in [0.15, 0.2) is 0 Å². The second kappa shape index (κ2) is 6.66. The first-order valence-electron chi connectivity index (χ1n) is 8.94. The van der Waals surface area contributed by atoms with Gasteiger partial charge in [-0.05, 0) is 51.2 Å². The Morgan fingerprint density at radius 1 is 1.05 bits per heavy atom. The van der Waals surface area contributed by atoms with E-state index in [0.29, 0.717) is 17.7 Å². The van der Waals surface area contributed by atoms with Gasteiger partial charge in [0, 0.05) is 38.1 Å². The second-order valence-electron chi connectivity index (χ2n) is 7.25. The van der Waals surface area contributed by atoms with Crippen LogP contribution in [0.15, 0.2) is 0 Å². The van der Waals surface area contributed by atoms with Gasteiger partial charge < -0.3 is 9.80 Å². The fraction of sp³-hybridized carbons (Fsp3) is 0.941. The third-order valence-corrected chi connectivity index (χ3v) is 5.67. The van der Waals surface area contributed by atoms with E-state index in [9.17, 15) is 4.79 Å². The van der Waals surface area contributed by atoms with Crippen LogP contribution < -0.4 is 0 Å². The number of carbonyl (C=O) groups is 1. The summed E-state index contributed by atoms with van der Waals surface area (Å²) in [5, 5.41) is 0. The van der Waals surface area contributed by atoms with Crippen molar-refractivity contribution >= 4 is 5.91 Å². The SMILES string of the molecule is CCCN1CCC(N2CCN(C(=O)[C@@H]3C[C@@H]3C)CC2)CC1. The molecule has 1 saturated carbocycles. The summed E-state index contributed by atoms with van der Waals surface area (Å²) in [7, 11) is 0. The van der Waals surface area contributed by atoms with Gasteiger partial charge in [-0.25, -0.2) is 0 Å². The van der Waals surface area contributed by atoms with Crippen molar-refractivity contribution in [1.29, 1.82) is 0 Å². The van der Waals surface area contributed by atoms with Crippen LogP contribution in [0.4, 0.5) is 0 Å². The van der Waals surface area contributed by atoms with E-state index >= 15 is 0 Å². The molecule has 0 aromatic rings. The van der Waals surface area contributed by atoms with E-state index in [1.54, 1.807) is 0 Å². The number of nitrogens with zero attached hydrogens (tertiary/aromatic N) is 3. The van der Waals surface area contributed by atoms with E-state index in [2.05, 4.69) is 28.5 Å². The Morgan fingerprint density at radius 3 is 2.19 bits per heavy atom. The molecule has 2 saturated heterocycles. The number of hydrogen-bond donors (Lipinski definition) is 0. The predicted octanol–water partition coefficient (Wildman–Crippen LogP) is 1.66. The Morgan fingerprint density at radius 2 is 1.67 bits per heavy atom. The van der Waals surface area contributed by atoms with E-state index in [0.717, 1.165) is 38.6 Å². The van der Waals surface area contributed by atoms with Gasteiger partial charge in [-0.15, -0.1) is 0 Å². The topological polar surface area (TPSA) is 26.8 Å². The molecular formula is C17H31N3O. The van der Waals surface area contributed by atoms with E-state index in [-0.39, 0.29) is 0 Å². The fourth-order valence-electron chi connectivity index (χ4n) is 4.03. The molecule has 2 heterocycles. The van der Waals surface area contributed by atoms with Gasteiger partial charge in [0.1, 0.15) is 0 Å². The second-order valence-corrected chi connectivity index (χ2v) is 7.25. The molecule has 3 rings (SSSR count). The number of rotatable bonds is 4. The molecule has 3 aliphatic rings. The van der Waals surface area contributed by atoms with Gasteiger partial charge in [-0.1, -0.05) is 13.8 Å². The lowest BCUT2D eigenvalue weighted by molar-refractivity contribution is -0.135. The number of piperazine rings is 1. The number of carbonyl (C=O) groups excluding carboxylic acids is 1. The van der Waals surface area contributed by atoms with Crippen LogP contribution in [0.2, 0.25) is 0 Å². The number of hydrogen-bond acceptors (Lipinski definition) is 3. The minimum atomic E-state index is 0.355. The van der Waals surface area contributed by atoms with E-state index in [4.69, 9.17) is 0 Å². The molecule has 0 aromatic carbocycles. The molecule has 0 bridgehead atoms. The minimum Gasteiger partial charge on any atom is -0.340 e. The Bertz CT molecular complexity index is 357. The summed E-state index contributed by atoms with van der Waals surface area (Å²) in [6.07, 6.45) is 5.02. The summed E-state index contributed by atoms with van der Waals surface area (Å²) in [6.45, 7) is 12.3.